The van der Waals surface area contributed by atoms with Gasteiger partial charge in [0.25, 0.3) is 0 Å². The van der Waals surface area contributed by atoms with Gasteiger partial charge in [-0.05, 0) is 36.7 Å². The Kier molecular flexibility index (Phi) is 5.52. The molecule has 1 aliphatic heterocycles. The normalized spacial score (nSPS) is 19.7. The van der Waals surface area contributed by atoms with Crippen LogP contribution in [0.15, 0.2) is 18.2 Å². The maximum Gasteiger partial charge on any atom is 0.125 e. The maximum atomic E-state index is 13.7. The highest BCUT2D eigenvalue weighted by atomic mass is 32.2. The molecule has 4 heteroatoms. The van der Waals surface area contributed by atoms with E-state index in [-0.39, 0.29) is 5.82 Å². The van der Waals surface area contributed by atoms with E-state index in [9.17, 15) is 4.39 Å². The summed E-state index contributed by atoms with van der Waals surface area (Å²) in [6, 6.07) is 5.41. The Labute approximate surface area is 119 Å². The second-order valence-corrected chi connectivity index (χ2v) is 6.35. The van der Waals surface area contributed by atoms with Gasteiger partial charge >= 0.3 is 0 Å². The first-order valence-corrected chi connectivity index (χ1v) is 8.14. The largest absolute Gasteiger partial charge is 0.370 e. The van der Waals surface area contributed by atoms with Gasteiger partial charge in [0.15, 0.2) is 0 Å². The third kappa shape index (κ3) is 4.11. The molecular formula is C15H23FN2S. The van der Waals surface area contributed by atoms with Crippen molar-refractivity contribution in [2.75, 3.05) is 30.3 Å². The third-order valence-corrected chi connectivity index (χ3v) is 4.85. The van der Waals surface area contributed by atoms with Crippen molar-refractivity contribution in [3.63, 3.8) is 0 Å². The smallest absolute Gasteiger partial charge is 0.125 e. The van der Waals surface area contributed by atoms with Gasteiger partial charge in [-0.3, -0.25) is 0 Å². The Morgan fingerprint density at radius 1 is 1.37 bits per heavy atom. The summed E-state index contributed by atoms with van der Waals surface area (Å²) in [5.41, 5.74) is 2.06. The number of thioether (sulfide) groups is 1. The van der Waals surface area contributed by atoms with E-state index in [4.69, 9.17) is 0 Å². The third-order valence-electron chi connectivity index (χ3n) is 3.48. The number of nitrogens with zero attached hydrogens (tertiary/aromatic N) is 1. The van der Waals surface area contributed by atoms with Gasteiger partial charge in [0, 0.05) is 36.3 Å². The number of hydrogen-bond donors (Lipinski definition) is 1. The molecule has 0 aliphatic carbocycles. The lowest BCUT2D eigenvalue weighted by Gasteiger charge is -2.34. The molecule has 0 saturated carbocycles. The minimum atomic E-state index is -0.128. The fraction of sp³-hybridized carbons (Fsp3) is 0.600. The molecule has 1 unspecified atom stereocenters. The molecular weight excluding hydrogens is 259 g/mol. The fourth-order valence-corrected chi connectivity index (χ4v) is 3.57. The van der Waals surface area contributed by atoms with Crippen LogP contribution in [0.25, 0.3) is 0 Å². The average Bonchev–Trinajstić information content (AvgIpc) is 2.44. The molecule has 1 aromatic rings. The molecule has 1 heterocycles. The van der Waals surface area contributed by atoms with Crippen molar-refractivity contribution < 1.29 is 4.39 Å². The minimum Gasteiger partial charge on any atom is -0.370 e. The highest BCUT2D eigenvalue weighted by Gasteiger charge is 2.19. The molecule has 0 bridgehead atoms. The molecule has 19 heavy (non-hydrogen) atoms. The van der Waals surface area contributed by atoms with Crippen molar-refractivity contribution in [2.45, 2.75) is 32.1 Å². The average molecular weight is 282 g/mol. The molecule has 106 valence electrons. The van der Waals surface area contributed by atoms with E-state index in [1.54, 1.807) is 12.1 Å². The van der Waals surface area contributed by atoms with Gasteiger partial charge in [0.1, 0.15) is 5.82 Å². The SMILES string of the molecule is CCNCc1cc(F)cc(N2CCSC(CC)C2)c1. The summed E-state index contributed by atoms with van der Waals surface area (Å²) >= 11 is 2.04. The maximum absolute atomic E-state index is 13.7. The first-order valence-electron chi connectivity index (χ1n) is 7.09. The molecule has 0 radical (unpaired) electrons. The second-order valence-electron chi connectivity index (χ2n) is 4.95. The van der Waals surface area contributed by atoms with Crippen LogP contribution in [-0.2, 0) is 6.54 Å². The van der Waals surface area contributed by atoms with Gasteiger partial charge in [-0.15, -0.1) is 0 Å². The Morgan fingerprint density at radius 2 is 2.21 bits per heavy atom. The van der Waals surface area contributed by atoms with E-state index >= 15 is 0 Å². The van der Waals surface area contributed by atoms with Crippen LogP contribution in [-0.4, -0.2) is 30.6 Å². The summed E-state index contributed by atoms with van der Waals surface area (Å²) in [4.78, 5) is 2.32. The lowest BCUT2D eigenvalue weighted by atomic mass is 10.1. The van der Waals surface area contributed by atoms with E-state index in [0.29, 0.717) is 5.25 Å². The molecule has 0 amide bonds. The van der Waals surface area contributed by atoms with E-state index in [1.807, 2.05) is 11.8 Å². The molecule has 0 spiro atoms. The van der Waals surface area contributed by atoms with Crippen LogP contribution in [0.3, 0.4) is 0 Å². The number of rotatable bonds is 5. The Hall–Kier alpha value is -0.740. The van der Waals surface area contributed by atoms with Crippen LogP contribution in [0.5, 0.6) is 0 Å². The number of anilines is 1. The predicted molar refractivity (Wildman–Crippen MR) is 82.5 cm³/mol. The summed E-state index contributed by atoms with van der Waals surface area (Å²) in [5, 5.41) is 3.93. The van der Waals surface area contributed by atoms with Crippen molar-refractivity contribution in [2.24, 2.45) is 0 Å². The van der Waals surface area contributed by atoms with Crippen LogP contribution < -0.4 is 10.2 Å². The standard InChI is InChI=1S/C15H23FN2S/c1-3-15-11-18(5-6-19-15)14-8-12(10-17-4-2)7-13(16)9-14/h7-9,15,17H,3-6,10-11H2,1-2H3. The quantitative estimate of drug-likeness (QED) is 0.892. The van der Waals surface area contributed by atoms with Crippen LogP contribution in [0.2, 0.25) is 0 Å². The summed E-state index contributed by atoms with van der Waals surface area (Å²) < 4.78 is 13.7. The molecule has 2 rings (SSSR count). The molecule has 2 nitrogen and oxygen atoms in total. The molecule has 0 aromatic heterocycles. The van der Waals surface area contributed by atoms with Crippen LogP contribution in [0.1, 0.15) is 25.8 Å². The van der Waals surface area contributed by atoms with Gasteiger partial charge in [0.05, 0.1) is 0 Å². The molecule has 1 aromatic carbocycles. The van der Waals surface area contributed by atoms with E-state index in [1.165, 1.54) is 6.42 Å². The summed E-state index contributed by atoms with van der Waals surface area (Å²) in [7, 11) is 0. The van der Waals surface area contributed by atoms with Gasteiger partial charge in [-0.25, -0.2) is 4.39 Å². The number of nitrogens with one attached hydrogen (secondary N) is 1. The van der Waals surface area contributed by atoms with Crippen LogP contribution in [0, 0.1) is 5.82 Å². The van der Waals surface area contributed by atoms with Crippen molar-refractivity contribution in [1.82, 2.24) is 5.32 Å². The molecule has 1 saturated heterocycles. The molecule has 1 fully saturated rings. The molecule has 1 atom stereocenters. The Morgan fingerprint density at radius 3 is 2.95 bits per heavy atom. The minimum absolute atomic E-state index is 0.128. The van der Waals surface area contributed by atoms with E-state index in [0.717, 1.165) is 43.2 Å². The lowest BCUT2D eigenvalue weighted by Crippen LogP contribution is -2.37. The van der Waals surface area contributed by atoms with Gasteiger partial charge in [0.2, 0.25) is 0 Å². The highest BCUT2D eigenvalue weighted by Crippen LogP contribution is 2.27. The summed E-state index contributed by atoms with van der Waals surface area (Å²) in [6.07, 6.45) is 1.18. The number of benzene rings is 1. The van der Waals surface area contributed by atoms with E-state index in [2.05, 4.69) is 30.1 Å². The molecule has 1 aliphatic rings. The Bertz CT molecular complexity index is 411. The van der Waals surface area contributed by atoms with Crippen LogP contribution >= 0.6 is 11.8 Å². The summed E-state index contributed by atoms with van der Waals surface area (Å²) in [6.45, 7) is 7.99. The fourth-order valence-electron chi connectivity index (χ4n) is 2.39. The lowest BCUT2D eigenvalue weighted by molar-refractivity contribution is 0.619. The zero-order valence-corrected chi connectivity index (χ0v) is 12.6. The first kappa shape index (κ1) is 14.7. The van der Waals surface area contributed by atoms with E-state index < -0.39 is 0 Å². The highest BCUT2D eigenvalue weighted by molar-refractivity contribution is 8.00. The van der Waals surface area contributed by atoms with Crippen molar-refractivity contribution in [3.8, 4) is 0 Å². The van der Waals surface area contributed by atoms with Crippen molar-refractivity contribution in [3.05, 3.63) is 29.6 Å². The van der Waals surface area contributed by atoms with Gasteiger partial charge in [-0.2, -0.15) is 11.8 Å². The van der Waals surface area contributed by atoms with Gasteiger partial charge < -0.3 is 10.2 Å². The Balaban J connectivity index is 2.11. The summed E-state index contributed by atoms with van der Waals surface area (Å²) in [5.74, 6) is 1.01. The number of hydrogen-bond acceptors (Lipinski definition) is 3. The van der Waals surface area contributed by atoms with Gasteiger partial charge in [-0.1, -0.05) is 13.8 Å². The molecule has 1 N–H and O–H groups in total. The predicted octanol–water partition coefficient (Wildman–Crippen LogP) is 3.27. The zero-order chi connectivity index (χ0) is 13.7. The second kappa shape index (κ2) is 7.15. The van der Waals surface area contributed by atoms with Crippen LogP contribution in [0.4, 0.5) is 10.1 Å². The van der Waals surface area contributed by atoms with Crippen molar-refractivity contribution >= 4 is 17.4 Å². The van der Waals surface area contributed by atoms with Crippen molar-refractivity contribution in [1.29, 1.82) is 0 Å². The monoisotopic (exact) mass is 282 g/mol. The zero-order valence-electron chi connectivity index (χ0n) is 11.8. The number of halogens is 1. The topological polar surface area (TPSA) is 15.3 Å². The first-order chi connectivity index (χ1) is 9.22.